The van der Waals surface area contributed by atoms with Gasteiger partial charge in [-0.3, -0.25) is 19.2 Å². The molecule has 6 rings (SSSR count). The molecule has 0 bridgehead atoms. The van der Waals surface area contributed by atoms with Crippen molar-refractivity contribution in [3.63, 3.8) is 0 Å². The summed E-state index contributed by atoms with van der Waals surface area (Å²) in [7, 11) is 0. The highest BCUT2D eigenvalue weighted by Gasteiger charge is 2.65. The van der Waals surface area contributed by atoms with Gasteiger partial charge in [0.2, 0.25) is 11.8 Å². The highest BCUT2D eigenvalue weighted by atomic mass is 16.3. The Kier molecular flexibility index (Phi) is 11.8. The van der Waals surface area contributed by atoms with E-state index < -0.39 is 47.4 Å². The third-order valence-corrected chi connectivity index (χ3v) is 11.9. The minimum absolute atomic E-state index is 0.0451. The average molecular weight is 750 g/mol. The number of rotatable bonds is 9. The standard InChI is InChI=1S/C44H55N5O6/c1-24(2)19-35-39-27(5)26(4)21-30-20-25(3)15-16-37(50)40(52)36(22-38(51)44(30,39)43(55)49-35)48-34-14-10-8-12-32(34)42(54)47-28(6)41(53)45-18-17-29-23-46-33-13-9-7-11-31(29)33/h7-14,17-18,20-21,23-24,27-28,30,35-37,39-40,46,48,50,52H,15-16,19,22H2,1-6H3,(H,45,53)(H,47,54)(H,49,55). The van der Waals surface area contributed by atoms with Gasteiger partial charge in [-0.05, 0) is 76.1 Å². The lowest BCUT2D eigenvalue weighted by molar-refractivity contribution is -0.146. The van der Waals surface area contributed by atoms with E-state index in [1.54, 1.807) is 37.3 Å². The van der Waals surface area contributed by atoms with E-state index in [1.165, 1.54) is 6.20 Å². The summed E-state index contributed by atoms with van der Waals surface area (Å²) in [5.41, 5.74) is 3.03. The summed E-state index contributed by atoms with van der Waals surface area (Å²) < 4.78 is 0. The van der Waals surface area contributed by atoms with Crippen molar-refractivity contribution in [2.75, 3.05) is 5.32 Å². The number of anilines is 1. The normalized spacial score (nSPS) is 29.1. The maximum absolute atomic E-state index is 15.0. The second-order valence-corrected chi connectivity index (χ2v) is 16.2. The van der Waals surface area contributed by atoms with Crippen LogP contribution in [0.5, 0.6) is 0 Å². The molecule has 1 fully saturated rings. The number of amides is 3. The molecule has 2 heterocycles. The summed E-state index contributed by atoms with van der Waals surface area (Å²) in [5.74, 6) is -2.13. The molecule has 1 saturated heterocycles. The van der Waals surface area contributed by atoms with E-state index in [0.29, 0.717) is 12.1 Å². The molecule has 11 heteroatoms. The fraction of sp³-hybridized carbons (Fsp3) is 0.455. The van der Waals surface area contributed by atoms with Crippen LogP contribution in [0.2, 0.25) is 0 Å². The molecule has 3 amide bonds. The highest BCUT2D eigenvalue weighted by molar-refractivity contribution is 6.10. The second-order valence-electron chi connectivity index (χ2n) is 16.2. The lowest BCUT2D eigenvalue weighted by atomic mass is 9.54. The lowest BCUT2D eigenvalue weighted by Crippen LogP contribution is -2.54. The van der Waals surface area contributed by atoms with Gasteiger partial charge in [0.25, 0.3) is 5.91 Å². The van der Waals surface area contributed by atoms with Gasteiger partial charge in [0.15, 0.2) is 5.78 Å². The van der Waals surface area contributed by atoms with Gasteiger partial charge in [0, 0.05) is 58.8 Å². The number of nitrogens with one attached hydrogen (secondary N) is 5. The summed E-state index contributed by atoms with van der Waals surface area (Å²) in [5, 5.41) is 35.9. The summed E-state index contributed by atoms with van der Waals surface area (Å²) >= 11 is 0. The molecule has 0 saturated carbocycles. The van der Waals surface area contributed by atoms with Crippen LogP contribution in [0.1, 0.15) is 83.1 Å². The number of aliphatic hydroxyl groups is 2. The van der Waals surface area contributed by atoms with E-state index in [4.69, 9.17) is 0 Å². The zero-order chi connectivity index (χ0) is 39.6. The van der Waals surface area contributed by atoms with Crippen molar-refractivity contribution in [3.8, 4) is 0 Å². The van der Waals surface area contributed by atoms with E-state index in [0.717, 1.165) is 34.0 Å². The van der Waals surface area contributed by atoms with Crippen molar-refractivity contribution in [2.24, 2.45) is 29.1 Å². The van der Waals surface area contributed by atoms with Gasteiger partial charge in [-0.25, -0.2) is 0 Å². The number of aromatic amines is 1. The van der Waals surface area contributed by atoms with Crippen LogP contribution in [0.25, 0.3) is 17.0 Å². The molecule has 9 unspecified atom stereocenters. The molecule has 2 aromatic carbocycles. The first-order chi connectivity index (χ1) is 26.2. The van der Waals surface area contributed by atoms with Gasteiger partial charge in [0.1, 0.15) is 17.6 Å². The number of fused-ring (bicyclic) bond motifs is 1. The molecule has 55 heavy (non-hydrogen) atoms. The van der Waals surface area contributed by atoms with Crippen molar-refractivity contribution in [3.05, 3.63) is 95.4 Å². The predicted molar refractivity (Wildman–Crippen MR) is 215 cm³/mol. The number of aliphatic hydroxyl groups excluding tert-OH is 2. The van der Waals surface area contributed by atoms with Crippen molar-refractivity contribution in [1.82, 2.24) is 20.9 Å². The number of carbonyl (C=O) groups is 4. The zero-order valence-corrected chi connectivity index (χ0v) is 32.6. The van der Waals surface area contributed by atoms with E-state index in [2.05, 4.69) is 60.0 Å². The van der Waals surface area contributed by atoms with E-state index in [-0.39, 0.29) is 53.9 Å². The first-order valence-corrected chi connectivity index (χ1v) is 19.5. The molecule has 0 radical (unpaired) electrons. The minimum atomic E-state index is -1.41. The molecule has 2 aliphatic carbocycles. The van der Waals surface area contributed by atoms with Crippen molar-refractivity contribution in [2.45, 2.75) is 97.6 Å². The van der Waals surface area contributed by atoms with E-state index in [9.17, 15) is 24.6 Å². The molecule has 3 aliphatic rings. The Bertz CT molecular complexity index is 2030. The lowest BCUT2D eigenvalue weighted by Gasteiger charge is -2.45. The van der Waals surface area contributed by atoms with Gasteiger partial charge < -0.3 is 36.5 Å². The zero-order valence-electron chi connectivity index (χ0n) is 32.6. The molecule has 3 aromatic rings. The Hall–Kier alpha value is -5.00. The molecule has 9 atom stereocenters. The second kappa shape index (κ2) is 16.4. The molecule has 1 spiro atoms. The van der Waals surface area contributed by atoms with Gasteiger partial charge in [-0.15, -0.1) is 0 Å². The van der Waals surface area contributed by atoms with Crippen molar-refractivity contribution >= 4 is 46.2 Å². The van der Waals surface area contributed by atoms with Crippen LogP contribution >= 0.6 is 0 Å². The number of hydrogen-bond acceptors (Lipinski definition) is 7. The summed E-state index contributed by atoms with van der Waals surface area (Å²) in [6.07, 6.45) is 7.80. The molecule has 292 valence electrons. The molecular formula is C44H55N5O6. The number of hydrogen-bond donors (Lipinski definition) is 7. The van der Waals surface area contributed by atoms with Crippen LogP contribution in [-0.4, -0.2) is 69.0 Å². The number of ketones is 1. The van der Waals surface area contributed by atoms with Crippen LogP contribution in [0.4, 0.5) is 5.69 Å². The number of allylic oxidation sites excluding steroid dienone is 4. The van der Waals surface area contributed by atoms with Gasteiger partial charge in [-0.1, -0.05) is 74.4 Å². The summed E-state index contributed by atoms with van der Waals surface area (Å²) in [6.45, 7) is 11.9. The SMILES string of the molecule is CC1=CC2C=C(C)C(C)C3C(CC(C)C)NC(=O)C23C(=O)CC(Nc2ccccc2C(=O)NC(C)C(=O)NC=Cc2c[nH]c3ccccc23)C(O)C(O)CC1. The van der Waals surface area contributed by atoms with E-state index >= 15 is 4.79 Å². The van der Waals surface area contributed by atoms with Crippen LogP contribution in [0, 0.1) is 29.1 Å². The van der Waals surface area contributed by atoms with Crippen LogP contribution in [0.3, 0.4) is 0 Å². The summed E-state index contributed by atoms with van der Waals surface area (Å²) in [6, 6.07) is 12.3. The number of aromatic nitrogens is 1. The van der Waals surface area contributed by atoms with E-state index in [1.807, 2.05) is 43.5 Å². The smallest absolute Gasteiger partial charge is 0.254 e. The maximum Gasteiger partial charge on any atom is 0.254 e. The Labute approximate surface area is 323 Å². The third-order valence-electron chi connectivity index (χ3n) is 11.9. The Morgan fingerprint density at radius 3 is 2.51 bits per heavy atom. The summed E-state index contributed by atoms with van der Waals surface area (Å²) in [4.78, 5) is 59.3. The first kappa shape index (κ1) is 39.7. The van der Waals surface area contributed by atoms with Gasteiger partial charge in [-0.2, -0.15) is 0 Å². The van der Waals surface area contributed by atoms with Crippen LogP contribution < -0.4 is 21.3 Å². The Morgan fingerprint density at radius 2 is 1.75 bits per heavy atom. The number of H-pyrrole nitrogens is 1. The third kappa shape index (κ3) is 7.91. The van der Waals surface area contributed by atoms with Gasteiger partial charge in [0.05, 0.1) is 17.7 Å². The fourth-order valence-corrected chi connectivity index (χ4v) is 8.95. The van der Waals surface area contributed by atoms with Crippen LogP contribution in [0.15, 0.2) is 84.2 Å². The number of benzene rings is 2. The van der Waals surface area contributed by atoms with Crippen LogP contribution in [-0.2, 0) is 14.4 Å². The monoisotopic (exact) mass is 749 g/mol. The van der Waals surface area contributed by atoms with Gasteiger partial charge >= 0.3 is 0 Å². The minimum Gasteiger partial charge on any atom is -0.390 e. The van der Waals surface area contributed by atoms with Crippen molar-refractivity contribution < 1.29 is 29.4 Å². The molecule has 1 aromatic heterocycles. The van der Waals surface area contributed by atoms with Crippen molar-refractivity contribution in [1.29, 1.82) is 0 Å². The Morgan fingerprint density at radius 1 is 1.02 bits per heavy atom. The molecule has 7 N–H and O–H groups in total. The molecule has 1 aliphatic heterocycles. The quantitative estimate of drug-likeness (QED) is 0.110. The topological polar surface area (TPSA) is 173 Å². The first-order valence-electron chi connectivity index (χ1n) is 19.5. The number of carbonyl (C=O) groups excluding carboxylic acids is 4. The average Bonchev–Trinajstić information content (AvgIpc) is 3.69. The largest absolute Gasteiger partial charge is 0.390 e. The molecule has 11 nitrogen and oxygen atoms in total. The number of para-hydroxylation sites is 2. The molecular weight excluding hydrogens is 695 g/mol. The fourth-order valence-electron chi connectivity index (χ4n) is 8.95. The maximum atomic E-state index is 15.0. The number of Topliss-reactive ketones (excluding diaryl/α,β-unsaturated/α-hetero) is 1. The predicted octanol–water partition coefficient (Wildman–Crippen LogP) is 5.63. The Balaban J connectivity index is 1.24. The highest BCUT2D eigenvalue weighted by Crippen LogP contribution is 2.55.